The Kier molecular flexibility index (Phi) is 4.10. The summed E-state index contributed by atoms with van der Waals surface area (Å²) < 4.78 is 0.883. The Balaban J connectivity index is 2.11. The minimum absolute atomic E-state index is 0.150. The first-order chi connectivity index (χ1) is 8.69. The smallest absolute Gasteiger partial charge is 0.256 e. The molecule has 1 N–H and O–H groups in total. The van der Waals surface area contributed by atoms with E-state index in [1.165, 1.54) is 5.56 Å². The fourth-order valence-corrected chi connectivity index (χ4v) is 1.89. The van der Waals surface area contributed by atoms with E-state index in [4.69, 9.17) is 0 Å². The van der Waals surface area contributed by atoms with Crippen molar-refractivity contribution in [2.75, 3.05) is 5.32 Å². The zero-order valence-corrected chi connectivity index (χ0v) is 11.6. The second-order valence-electron chi connectivity index (χ2n) is 3.86. The van der Waals surface area contributed by atoms with Crippen molar-refractivity contribution in [2.45, 2.75) is 13.3 Å². The lowest BCUT2D eigenvalue weighted by Gasteiger charge is -2.05. The average molecular weight is 305 g/mol. The summed E-state index contributed by atoms with van der Waals surface area (Å²) in [5.41, 5.74) is 1.85. The standard InChI is InChI=1S/C14H13BrN2O/c1-2-10-3-5-11(6-4-10)14(18)17-13-9-12(15)7-8-16-13/h3-9H,2H2,1H3,(H,16,17,18). The van der Waals surface area contributed by atoms with Crippen LogP contribution in [-0.2, 0) is 6.42 Å². The monoisotopic (exact) mass is 304 g/mol. The molecule has 1 aromatic carbocycles. The number of halogens is 1. The maximum absolute atomic E-state index is 12.0. The molecule has 0 spiro atoms. The van der Waals surface area contributed by atoms with Gasteiger partial charge in [-0.3, -0.25) is 4.79 Å². The first kappa shape index (κ1) is 12.8. The number of aryl methyl sites for hydroxylation is 1. The number of rotatable bonds is 3. The predicted molar refractivity (Wildman–Crippen MR) is 75.7 cm³/mol. The molecule has 0 fully saturated rings. The van der Waals surface area contributed by atoms with Gasteiger partial charge in [0.1, 0.15) is 5.82 Å². The van der Waals surface area contributed by atoms with E-state index in [1.54, 1.807) is 12.3 Å². The van der Waals surface area contributed by atoms with Gasteiger partial charge in [-0.05, 0) is 36.2 Å². The molecule has 92 valence electrons. The van der Waals surface area contributed by atoms with Crippen LogP contribution in [0.15, 0.2) is 47.1 Å². The van der Waals surface area contributed by atoms with Gasteiger partial charge in [-0.15, -0.1) is 0 Å². The predicted octanol–water partition coefficient (Wildman–Crippen LogP) is 3.66. The van der Waals surface area contributed by atoms with Crippen LogP contribution in [-0.4, -0.2) is 10.9 Å². The van der Waals surface area contributed by atoms with Gasteiger partial charge in [-0.1, -0.05) is 35.0 Å². The zero-order chi connectivity index (χ0) is 13.0. The number of carbonyl (C=O) groups excluding carboxylic acids is 1. The summed E-state index contributed by atoms with van der Waals surface area (Å²) in [7, 11) is 0. The fourth-order valence-electron chi connectivity index (χ4n) is 1.55. The van der Waals surface area contributed by atoms with Gasteiger partial charge in [0.2, 0.25) is 0 Å². The molecule has 1 heterocycles. The summed E-state index contributed by atoms with van der Waals surface area (Å²) in [6.07, 6.45) is 2.61. The van der Waals surface area contributed by atoms with E-state index in [1.807, 2.05) is 30.3 Å². The molecule has 0 aliphatic rings. The van der Waals surface area contributed by atoms with Gasteiger partial charge in [0.25, 0.3) is 5.91 Å². The third kappa shape index (κ3) is 3.17. The molecule has 0 saturated heterocycles. The van der Waals surface area contributed by atoms with Crippen LogP contribution >= 0.6 is 15.9 Å². The summed E-state index contributed by atoms with van der Waals surface area (Å²) in [6.45, 7) is 2.08. The second kappa shape index (κ2) is 5.78. The van der Waals surface area contributed by atoms with Crippen LogP contribution in [0.4, 0.5) is 5.82 Å². The molecule has 0 aliphatic heterocycles. The van der Waals surface area contributed by atoms with Crippen molar-refractivity contribution in [3.63, 3.8) is 0 Å². The van der Waals surface area contributed by atoms with Gasteiger partial charge in [0.15, 0.2) is 0 Å². The van der Waals surface area contributed by atoms with Gasteiger partial charge in [0.05, 0.1) is 0 Å². The van der Waals surface area contributed by atoms with Gasteiger partial charge < -0.3 is 5.32 Å². The second-order valence-corrected chi connectivity index (χ2v) is 4.78. The number of aromatic nitrogens is 1. The average Bonchev–Trinajstić information content (AvgIpc) is 2.39. The maximum atomic E-state index is 12.0. The lowest BCUT2D eigenvalue weighted by Crippen LogP contribution is -2.12. The minimum atomic E-state index is -0.150. The van der Waals surface area contributed by atoms with E-state index in [2.05, 4.69) is 33.2 Å². The van der Waals surface area contributed by atoms with Crippen LogP contribution in [0.2, 0.25) is 0 Å². The molecule has 3 nitrogen and oxygen atoms in total. The topological polar surface area (TPSA) is 42.0 Å². The summed E-state index contributed by atoms with van der Waals surface area (Å²) in [6, 6.07) is 11.1. The molecule has 0 radical (unpaired) electrons. The van der Waals surface area contributed by atoms with Crippen LogP contribution in [0.25, 0.3) is 0 Å². The normalized spacial score (nSPS) is 10.1. The molecular weight excluding hydrogens is 292 g/mol. The number of amides is 1. The highest BCUT2D eigenvalue weighted by Crippen LogP contribution is 2.14. The Morgan fingerprint density at radius 2 is 2.00 bits per heavy atom. The molecule has 0 bridgehead atoms. The van der Waals surface area contributed by atoms with E-state index >= 15 is 0 Å². The lowest BCUT2D eigenvalue weighted by atomic mass is 10.1. The number of anilines is 1. The van der Waals surface area contributed by atoms with Crippen LogP contribution in [0.5, 0.6) is 0 Å². The summed E-state index contributed by atoms with van der Waals surface area (Å²) in [5, 5.41) is 2.76. The number of hydrogen-bond donors (Lipinski definition) is 1. The van der Waals surface area contributed by atoms with Crippen LogP contribution in [0.3, 0.4) is 0 Å². The quantitative estimate of drug-likeness (QED) is 0.940. The molecule has 0 saturated carbocycles. The van der Waals surface area contributed by atoms with Crippen molar-refractivity contribution < 1.29 is 4.79 Å². The van der Waals surface area contributed by atoms with Crippen molar-refractivity contribution in [3.8, 4) is 0 Å². The molecule has 0 atom stereocenters. The van der Waals surface area contributed by atoms with Crippen molar-refractivity contribution >= 4 is 27.7 Å². The highest BCUT2D eigenvalue weighted by molar-refractivity contribution is 9.10. The largest absolute Gasteiger partial charge is 0.307 e. The Morgan fingerprint density at radius 3 is 2.61 bits per heavy atom. The Bertz CT molecular complexity index is 552. The Hall–Kier alpha value is -1.68. The molecule has 0 aliphatic carbocycles. The number of carbonyl (C=O) groups is 1. The summed E-state index contributed by atoms with van der Waals surface area (Å²) >= 11 is 3.34. The summed E-state index contributed by atoms with van der Waals surface area (Å²) in [4.78, 5) is 16.0. The molecule has 1 aromatic heterocycles. The van der Waals surface area contributed by atoms with Crippen molar-refractivity contribution in [3.05, 3.63) is 58.2 Å². The van der Waals surface area contributed by atoms with Gasteiger partial charge >= 0.3 is 0 Å². The number of nitrogens with zero attached hydrogens (tertiary/aromatic N) is 1. The molecule has 2 aromatic rings. The Morgan fingerprint density at radius 1 is 1.28 bits per heavy atom. The van der Waals surface area contributed by atoms with Gasteiger partial charge in [-0.2, -0.15) is 0 Å². The van der Waals surface area contributed by atoms with Crippen molar-refractivity contribution in [1.82, 2.24) is 4.98 Å². The van der Waals surface area contributed by atoms with E-state index in [0.29, 0.717) is 11.4 Å². The van der Waals surface area contributed by atoms with Crippen molar-refractivity contribution in [2.24, 2.45) is 0 Å². The number of pyridine rings is 1. The van der Waals surface area contributed by atoms with Crippen molar-refractivity contribution in [1.29, 1.82) is 0 Å². The first-order valence-corrected chi connectivity index (χ1v) is 6.50. The van der Waals surface area contributed by atoms with Crippen LogP contribution < -0.4 is 5.32 Å². The lowest BCUT2D eigenvalue weighted by molar-refractivity contribution is 0.102. The van der Waals surface area contributed by atoms with E-state index in [0.717, 1.165) is 10.9 Å². The van der Waals surface area contributed by atoms with E-state index < -0.39 is 0 Å². The highest BCUT2D eigenvalue weighted by Gasteiger charge is 2.06. The van der Waals surface area contributed by atoms with E-state index in [-0.39, 0.29) is 5.91 Å². The molecule has 4 heteroatoms. The van der Waals surface area contributed by atoms with Crippen LogP contribution in [0, 0.1) is 0 Å². The maximum Gasteiger partial charge on any atom is 0.256 e. The van der Waals surface area contributed by atoms with E-state index in [9.17, 15) is 4.79 Å². The molecule has 18 heavy (non-hydrogen) atoms. The summed E-state index contributed by atoms with van der Waals surface area (Å²) in [5.74, 6) is 0.386. The third-order valence-corrected chi connectivity index (χ3v) is 3.08. The van der Waals surface area contributed by atoms with Gasteiger partial charge in [-0.25, -0.2) is 4.98 Å². The number of benzene rings is 1. The molecule has 2 rings (SSSR count). The van der Waals surface area contributed by atoms with Gasteiger partial charge in [0, 0.05) is 16.2 Å². The Labute approximate surface area is 114 Å². The first-order valence-electron chi connectivity index (χ1n) is 5.71. The molecule has 0 unspecified atom stereocenters. The number of hydrogen-bond acceptors (Lipinski definition) is 2. The fraction of sp³-hybridized carbons (Fsp3) is 0.143. The minimum Gasteiger partial charge on any atom is -0.307 e. The molecule has 1 amide bonds. The van der Waals surface area contributed by atoms with Crippen LogP contribution in [0.1, 0.15) is 22.8 Å². The third-order valence-electron chi connectivity index (χ3n) is 2.59. The SMILES string of the molecule is CCc1ccc(C(=O)Nc2cc(Br)ccn2)cc1. The number of nitrogens with one attached hydrogen (secondary N) is 1. The zero-order valence-electron chi connectivity index (χ0n) is 9.98. The molecular formula is C14H13BrN2O. The highest BCUT2D eigenvalue weighted by atomic mass is 79.9.